The summed E-state index contributed by atoms with van der Waals surface area (Å²) in [6.07, 6.45) is 2.76. The average molecular weight is 279 g/mol. The molecule has 2 aromatic carbocycles. The van der Waals surface area contributed by atoms with Crippen LogP contribution in [0.4, 0.5) is 5.69 Å². The molecule has 0 spiro atoms. The van der Waals surface area contributed by atoms with Gasteiger partial charge in [0, 0.05) is 30.8 Å². The maximum Gasteiger partial charge on any atom is 0.328 e. The third kappa shape index (κ3) is 3.14. The van der Waals surface area contributed by atoms with E-state index in [-0.39, 0.29) is 0 Å². The van der Waals surface area contributed by atoms with Crippen LogP contribution in [0.3, 0.4) is 0 Å². The van der Waals surface area contributed by atoms with Crippen molar-refractivity contribution in [3.05, 3.63) is 71.8 Å². The fraction of sp³-hybridized carbons (Fsp3) is 0.167. The van der Waals surface area contributed by atoms with Crippen LogP contribution in [-0.4, -0.2) is 24.2 Å². The summed E-state index contributed by atoms with van der Waals surface area (Å²) >= 11 is 0. The number of rotatable bonds is 4. The SMILES string of the molecule is O=C(O)/C=C/c1ccc(N2CC(c3ccccc3)C2)cc1. The molecule has 0 aliphatic carbocycles. The highest BCUT2D eigenvalue weighted by Gasteiger charge is 2.27. The highest BCUT2D eigenvalue weighted by Crippen LogP contribution is 2.31. The van der Waals surface area contributed by atoms with Crippen molar-refractivity contribution in [1.29, 1.82) is 0 Å². The molecule has 0 saturated carbocycles. The Morgan fingerprint density at radius 1 is 1.05 bits per heavy atom. The number of carboxylic acids is 1. The fourth-order valence-corrected chi connectivity index (χ4v) is 2.59. The first-order chi connectivity index (χ1) is 10.2. The van der Waals surface area contributed by atoms with Crippen molar-refractivity contribution in [1.82, 2.24) is 0 Å². The van der Waals surface area contributed by atoms with Gasteiger partial charge >= 0.3 is 5.97 Å². The summed E-state index contributed by atoms with van der Waals surface area (Å²) in [5.41, 5.74) is 3.49. The Labute approximate surface area is 124 Å². The van der Waals surface area contributed by atoms with E-state index in [2.05, 4.69) is 29.2 Å². The molecule has 3 rings (SSSR count). The van der Waals surface area contributed by atoms with Gasteiger partial charge in [-0.25, -0.2) is 4.79 Å². The third-order valence-electron chi connectivity index (χ3n) is 3.83. The van der Waals surface area contributed by atoms with E-state index < -0.39 is 5.97 Å². The van der Waals surface area contributed by atoms with Gasteiger partial charge in [-0.3, -0.25) is 0 Å². The number of hydrogen-bond acceptors (Lipinski definition) is 2. The van der Waals surface area contributed by atoms with Crippen molar-refractivity contribution in [3.8, 4) is 0 Å². The van der Waals surface area contributed by atoms with Crippen molar-refractivity contribution >= 4 is 17.7 Å². The van der Waals surface area contributed by atoms with Gasteiger partial charge in [0.15, 0.2) is 0 Å². The van der Waals surface area contributed by atoms with E-state index in [1.165, 1.54) is 11.3 Å². The molecule has 3 nitrogen and oxygen atoms in total. The van der Waals surface area contributed by atoms with Crippen LogP contribution in [0.2, 0.25) is 0 Å². The maximum absolute atomic E-state index is 10.5. The minimum Gasteiger partial charge on any atom is -0.478 e. The van der Waals surface area contributed by atoms with Crippen LogP contribution >= 0.6 is 0 Å². The molecule has 106 valence electrons. The number of anilines is 1. The van der Waals surface area contributed by atoms with Crippen LogP contribution < -0.4 is 4.90 Å². The second kappa shape index (κ2) is 5.83. The molecule has 21 heavy (non-hydrogen) atoms. The normalized spacial score (nSPS) is 15.1. The van der Waals surface area contributed by atoms with Crippen LogP contribution in [0.1, 0.15) is 17.0 Å². The van der Waals surface area contributed by atoms with Gasteiger partial charge in [0.1, 0.15) is 0 Å². The second-order valence-corrected chi connectivity index (χ2v) is 5.28. The number of aliphatic carboxylic acids is 1. The first-order valence-corrected chi connectivity index (χ1v) is 7.03. The van der Waals surface area contributed by atoms with Gasteiger partial charge in [-0.05, 0) is 29.3 Å². The van der Waals surface area contributed by atoms with Gasteiger partial charge in [-0.15, -0.1) is 0 Å². The van der Waals surface area contributed by atoms with E-state index in [4.69, 9.17) is 5.11 Å². The Morgan fingerprint density at radius 3 is 2.33 bits per heavy atom. The molecule has 1 saturated heterocycles. The Kier molecular flexibility index (Phi) is 3.73. The molecule has 1 aliphatic heterocycles. The first-order valence-electron chi connectivity index (χ1n) is 7.03. The lowest BCUT2D eigenvalue weighted by atomic mass is 9.91. The van der Waals surface area contributed by atoms with E-state index in [1.54, 1.807) is 6.08 Å². The smallest absolute Gasteiger partial charge is 0.328 e. The van der Waals surface area contributed by atoms with Crippen molar-refractivity contribution in [2.45, 2.75) is 5.92 Å². The molecule has 1 fully saturated rings. The van der Waals surface area contributed by atoms with Gasteiger partial charge in [-0.2, -0.15) is 0 Å². The van der Waals surface area contributed by atoms with Gasteiger partial charge in [-0.1, -0.05) is 42.5 Å². The number of nitrogens with zero attached hydrogens (tertiary/aromatic N) is 1. The summed E-state index contributed by atoms with van der Waals surface area (Å²) in [5, 5.41) is 8.61. The number of carbonyl (C=O) groups is 1. The predicted octanol–water partition coefficient (Wildman–Crippen LogP) is 3.39. The van der Waals surface area contributed by atoms with Crippen LogP contribution in [0.25, 0.3) is 6.08 Å². The largest absolute Gasteiger partial charge is 0.478 e. The molecule has 0 amide bonds. The molecule has 3 heteroatoms. The maximum atomic E-state index is 10.5. The summed E-state index contributed by atoms with van der Waals surface area (Å²) in [6.45, 7) is 2.07. The van der Waals surface area contributed by atoms with Crippen LogP contribution in [0, 0.1) is 0 Å². The Balaban J connectivity index is 1.61. The van der Waals surface area contributed by atoms with E-state index in [0.29, 0.717) is 5.92 Å². The zero-order valence-electron chi connectivity index (χ0n) is 11.6. The lowest BCUT2D eigenvalue weighted by molar-refractivity contribution is -0.131. The molecule has 2 aromatic rings. The predicted molar refractivity (Wildman–Crippen MR) is 84.5 cm³/mol. The van der Waals surface area contributed by atoms with Crippen LogP contribution in [0.5, 0.6) is 0 Å². The molecular weight excluding hydrogens is 262 g/mol. The summed E-state index contributed by atoms with van der Waals surface area (Å²) in [5.74, 6) is -0.315. The molecule has 0 unspecified atom stereocenters. The molecule has 0 atom stereocenters. The van der Waals surface area contributed by atoms with Crippen LogP contribution in [-0.2, 0) is 4.79 Å². The fourth-order valence-electron chi connectivity index (χ4n) is 2.59. The van der Waals surface area contributed by atoms with Gasteiger partial charge in [0.2, 0.25) is 0 Å². The molecular formula is C18H17NO2. The zero-order chi connectivity index (χ0) is 14.7. The van der Waals surface area contributed by atoms with E-state index in [0.717, 1.165) is 24.7 Å². The molecule has 0 aromatic heterocycles. The number of benzene rings is 2. The summed E-state index contributed by atoms with van der Waals surface area (Å²) < 4.78 is 0. The van der Waals surface area contributed by atoms with Crippen molar-refractivity contribution in [2.24, 2.45) is 0 Å². The Bertz CT molecular complexity index is 641. The molecule has 1 heterocycles. The van der Waals surface area contributed by atoms with E-state index >= 15 is 0 Å². The van der Waals surface area contributed by atoms with E-state index in [1.807, 2.05) is 30.3 Å². The summed E-state index contributed by atoms with van der Waals surface area (Å²) in [6, 6.07) is 18.6. The average Bonchev–Trinajstić information content (AvgIpc) is 2.46. The van der Waals surface area contributed by atoms with Gasteiger partial charge in [0.05, 0.1) is 0 Å². The lowest BCUT2D eigenvalue weighted by Crippen LogP contribution is -2.44. The lowest BCUT2D eigenvalue weighted by Gasteiger charge is -2.41. The Morgan fingerprint density at radius 2 is 1.71 bits per heavy atom. The topological polar surface area (TPSA) is 40.5 Å². The molecule has 0 bridgehead atoms. The van der Waals surface area contributed by atoms with Crippen LogP contribution in [0.15, 0.2) is 60.7 Å². The van der Waals surface area contributed by atoms with Crippen molar-refractivity contribution < 1.29 is 9.90 Å². The monoisotopic (exact) mass is 279 g/mol. The first kappa shape index (κ1) is 13.4. The standard InChI is InChI=1S/C18H17NO2/c20-18(21)11-8-14-6-9-17(10-7-14)19-12-16(13-19)15-4-2-1-3-5-15/h1-11,16H,12-13H2,(H,20,21)/b11-8+. The minimum absolute atomic E-state index is 0.609. The van der Waals surface area contributed by atoms with E-state index in [9.17, 15) is 4.79 Å². The Hall–Kier alpha value is -2.55. The number of hydrogen-bond donors (Lipinski definition) is 1. The third-order valence-corrected chi connectivity index (χ3v) is 3.83. The van der Waals surface area contributed by atoms with Gasteiger partial charge in [0.25, 0.3) is 0 Å². The zero-order valence-corrected chi connectivity index (χ0v) is 11.6. The molecule has 0 radical (unpaired) electrons. The minimum atomic E-state index is -0.924. The van der Waals surface area contributed by atoms with Crippen molar-refractivity contribution in [3.63, 3.8) is 0 Å². The summed E-state index contributed by atoms with van der Waals surface area (Å²) in [4.78, 5) is 12.8. The molecule has 1 aliphatic rings. The highest BCUT2D eigenvalue weighted by atomic mass is 16.4. The van der Waals surface area contributed by atoms with Crippen molar-refractivity contribution in [2.75, 3.05) is 18.0 Å². The second-order valence-electron chi connectivity index (χ2n) is 5.28. The number of carboxylic acid groups (broad SMARTS) is 1. The molecule has 1 N–H and O–H groups in total. The summed E-state index contributed by atoms with van der Waals surface area (Å²) in [7, 11) is 0. The highest BCUT2D eigenvalue weighted by molar-refractivity contribution is 5.85. The van der Waals surface area contributed by atoms with Gasteiger partial charge < -0.3 is 10.0 Å². The quantitative estimate of drug-likeness (QED) is 0.872.